The molecular weight excluding hydrogens is 493 g/mol. The third-order valence-electron chi connectivity index (χ3n) is 10.8. The minimum Gasteiger partial charge on any atom is -0.508 e. The average molecular weight is 525 g/mol. The molecule has 5 unspecified atom stereocenters. The SMILES string of the molecule is O=C(c1ccc(C(F)(F)F)cc1)N1C[C@H]2OC34CCC1C2C31CCN(CC2CC2)C4Cc2ccc(O)cc21. The first-order chi connectivity index (χ1) is 18.2. The predicted octanol–water partition coefficient (Wildman–Crippen LogP) is 4.76. The average Bonchev–Trinajstić information content (AvgIpc) is 3.58. The fourth-order valence-electron chi connectivity index (χ4n) is 9.22. The van der Waals surface area contributed by atoms with Gasteiger partial charge >= 0.3 is 6.18 Å². The van der Waals surface area contributed by atoms with E-state index < -0.39 is 11.7 Å². The van der Waals surface area contributed by atoms with Gasteiger partial charge in [-0.15, -0.1) is 0 Å². The Labute approximate surface area is 219 Å². The molecule has 38 heavy (non-hydrogen) atoms. The first kappa shape index (κ1) is 23.3. The molecule has 5 nitrogen and oxygen atoms in total. The molecule has 5 fully saturated rings. The van der Waals surface area contributed by atoms with E-state index in [0.29, 0.717) is 12.6 Å². The van der Waals surface area contributed by atoms with Crippen LogP contribution in [0, 0.1) is 11.8 Å². The Balaban J connectivity index is 1.18. The number of alkyl halides is 3. The number of hydrogen-bond donors (Lipinski definition) is 1. The number of carbonyl (C=O) groups is 1. The minimum atomic E-state index is -4.43. The molecule has 4 bridgehead atoms. The monoisotopic (exact) mass is 524 g/mol. The highest BCUT2D eigenvalue weighted by molar-refractivity contribution is 5.95. The van der Waals surface area contributed by atoms with Gasteiger partial charge in [0.05, 0.1) is 17.3 Å². The molecule has 8 heteroatoms. The van der Waals surface area contributed by atoms with Crippen LogP contribution in [0.25, 0.3) is 0 Å². The topological polar surface area (TPSA) is 53.0 Å². The molecule has 0 aromatic heterocycles. The maximum absolute atomic E-state index is 13.7. The van der Waals surface area contributed by atoms with Crippen molar-refractivity contribution in [1.29, 1.82) is 0 Å². The van der Waals surface area contributed by atoms with Crippen molar-refractivity contribution in [3.05, 3.63) is 64.7 Å². The zero-order valence-electron chi connectivity index (χ0n) is 21.1. The summed E-state index contributed by atoms with van der Waals surface area (Å²) in [5.41, 5.74) is 1.41. The van der Waals surface area contributed by atoms with E-state index in [2.05, 4.69) is 11.0 Å². The number of aromatic hydroxyl groups is 1. The van der Waals surface area contributed by atoms with Gasteiger partial charge in [-0.3, -0.25) is 9.69 Å². The van der Waals surface area contributed by atoms with Crippen LogP contribution in [0.3, 0.4) is 0 Å². The van der Waals surface area contributed by atoms with E-state index >= 15 is 0 Å². The highest BCUT2D eigenvalue weighted by Gasteiger charge is 2.78. The van der Waals surface area contributed by atoms with Gasteiger partial charge in [0, 0.05) is 42.1 Å². The second-order valence-corrected chi connectivity index (χ2v) is 12.4. The van der Waals surface area contributed by atoms with E-state index in [-0.39, 0.29) is 46.3 Å². The number of phenolic OH excluding ortho intramolecular Hbond substituents is 1. The van der Waals surface area contributed by atoms with E-state index in [9.17, 15) is 23.1 Å². The van der Waals surface area contributed by atoms with Crippen molar-refractivity contribution >= 4 is 5.91 Å². The quantitative estimate of drug-likeness (QED) is 0.629. The Morgan fingerprint density at radius 3 is 2.61 bits per heavy atom. The van der Waals surface area contributed by atoms with E-state index in [0.717, 1.165) is 56.8 Å². The van der Waals surface area contributed by atoms with Gasteiger partial charge in [-0.05, 0) is 98.5 Å². The summed E-state index contributed by atoms with van der Waals surface area (Å²) < 4.78 is 46.4. The Bertz CT molecular complexity index is 1330. The number of ether oxygens (including phenoxy) is 1. The summed E-state index contributed by atoms with van der Waals surface area (Å²) in [4.78, 5) is 18.2. The Hall–Kier alpha value is -2.58. The predicted molar refractivity (Wildman–Crippen MR) is 133 cm³/mol. The van der Waals surface area contributed by atoms with Crippen LogP contribution in [0.15, 0.2) is 42.5 Å². The molecule has 0 radical (unpaired) electrons. The van der Waals surface area contributed by atoms with Crippen LogP contribution < -0.4 is 0 Å². The summed E-state index contributed by atoms with van der Waals surface area (Å²) in [5.74, 6) is 0.942. The summed E-state index contributed by atoms with van der Waals surface area (Å²) >= 11 is 0. The zero-order valence-corrected chi connectivity index (χ0v) is 21.1. The molecule has 200 valence electrons. The standard InChI is InChI=1S/C30H31F3N2O3/c31-30(32,33)20-6-3-18(4-7-20)27(37)35-16-24-26-23(35)9-10-29(38-24)25-13-19-5-8-21(36)14-22(19)28(26,29)11-12-34(25)15-17-1-2-17/h3-8,14,17,23-26,36H,1-2,9-13,15-16H2/t23?,24-,25?,26?,28?,29?/m1/s1. The largest absolute Gasteiger partial charge is 0.508 e. The third kappa shape index (κ3) is 2.93. The van der Waals surface area contributed by atoms with Gasteiger partial charge in [0.25, 0.3) is 5.91 Å². The molecule has 3 saturated heterocycles. The molecule has 0 spiro atoms. The number of halogens is 3. The van der Waals surface area contributed by atoms with Crippen LogP contribution in [-0.4, -0.2) is 64.2 Å². The summed E-state index contributed by atoms with van der Waals surface area (Å²) in [6.45, 7) is 2.57. The van der Waals surface area contributed by atoms with E-state index in [1.54, 1.807) is 6.07 Å². The van der Waals surface area contributed by atoms with Crippen LogP contribution in [0.4, 0.5) is 13.2 Å². The van der Waals surface area contributed by atoms with Crippen molar-refractivity contribution in [2.75, 3.05) is 19.6 Å². The number of nitrogens with zero attached hydrogens (tertiary/aromatic N) is 2. The van der Waals surface area contributed by atoms with E-state index in [4.69, 9.17) is 4.74 Å². The van der Waals surface area contributed by atoms with Crippen molar-refractivity contribution in [3.63, 3.8) is 0 Å². The third-order valence-corrected chi connectivity index (χ3v) is 10.8. The molecule has 1 N–H and O–H groups in total. The van der Waals surface area contributed by atoms with Gasteiger partial charge in [0.15, 0.2) is 0 Å². The fourth-order valence-corrected chi connectivity index (χ4v) is 9.22. The highest BCUT2D eigenvalue weighted by atomic mass is 19.4. The van der Waals surface area contributed by atoms with Crippen LogP contribution in [0.1, 0.15) is 59.2 Å². The first-order valence-electron chi connectivity index (χ1n) is 13.9. The number of hydrogen-bond acceptors (Lipinski definition) is 4. The van der Waals surface area contributed by atoms with Gasteiger partial charge in [0.2, 0.25) is 0 Å². The lowest BCUT2D eigenvalue weighted by Gasteiger charge is -2.64. The summed E-state index contributed by atoms with van der Waals surface area (Å²) in [6.07, 6.45) is 1.60. The number of rotatable bonds is 3. The summed E-state index contributed by atoms with van der Waals surface area (Å²) in [6, 6.07) is 10.7. The molecule has 6 atom stereocenters. The Morgan fingerprint density at radius 2 is 1.87 bits per heavy atom. The molecule has 2 saturated carbocycles. The molecule has 2 aromatic carbocycles. The minimum absolute atomic E-state index is 0.0330. The van der Waals surface area contributed by atoms with Crippen LogP contribution in [-0.2, 0) is 22.7 Å². The van der Waals surface area contributed by atoms with E-state index in [1.807, 2.05) is 11.0 Å². The lowest BCUT2D eigenvalue weighted by Crippen LogP contribution is -2.74. The lowest BCUT2D eigenvalue weighted by atomic mass is 9.46. The lowest BCUT2D eigenvalue weighted by molar-refractivity contribution is -0.171. The number of fused-ring (bicyclic) bond motifs is 1. The van der Waals surface area contributed by atoms with Crippen molar-refractivity contribution in [2.45, 2.75) is 73.9 Å². The zero-order chi connectivity index (χ0) is 26.0. The molecule has 3 aliphatic carbocycles. The smallest absolute Gasteiger partial charge is 0.416 e. The molecule has 1 amide bonds. The second kappa shape index (κ2) is 7.54. The van der Waals surface area contributed by atoms with Crippen molar-refractivity contribution in [3.8, 4) is 5.75 Å². The fraction of sp³-hybridized carbons (Fsp3) is 0.567. The van der Waals surface area contributed by atoms with Gasteiger partial charge in [-0.2, -0.15) is 13.2 Å². The molecule has 8 rings (SSSR count). The van der Waals surface area contributed by atoms with E-state index in [1.165, 1.54) is 36.1 Å². The van der Waals surface area contributed by atoms with Gasteiger partial charge in [0.1, 0.15) is 5.75 Å². The van der Waals surface area contributed by atoms with Gasteiger partial charge in [-0.1, -0.05) is 6.07 Å². The number of amides is 1. The molecule has 3 aliphatic heterocycles. The number of phenols is 1. The number of likely N-dealkylation sites (tertiary alicyclic amines) is 2. The van der Waals surface area contributed by atoms with Gasteiger partial charge < -0.3 is 14.7 Å². The Morgan fingerprint density at radius 1 is 1.08 bits per heavy atom. The van der Waals surface area contributed by atoms with Crippen LogP contribution in [0.5, 0.6) is 5.75 Å². The number of benzene rings is 2. The molecule has 6 aliphatic rings. The maximum Gasteiger partial charge on any atom is 0.416 e. The number of carbonyl (C=O) groups excluding carboxylic acids is 1. The number of piperidine rings is 1. The molecule has 3 heterocycles. The van der Waals surface area contributed by atoms with Crippen molar-refractivity contribution in [2.24, 2.45) is 11.8 Å². The van der Waals surface area contributed by atoms with Gasteiger partial charge in [-0.25, -0.2) is 0 Å². The normalized spacial score (nSPS) is 37.2. The Kier molecular flexibility index (Phi) is 4.63. The molecular formula is C30H31F3N2O3. The van der Waals surface area contributed by atoms with Crippen LogP contribution >= 0.6 is 0 Å². The van der Waals surface area contributed by atoms with Crippen molar-refractivity contribution < 1.29 is 27.8 Å². The highest BCUT2D eigenvalue weighted by Crippen LogP contribution is 2.69. The van der Waals surface area contributed by atoms with Crippen LogP contribution in [0.2, 0.25) is 0 Å². The summed E-state index contributed by atoms with van der Waals surface area (Å²) in [7, 11) is 0. The second-order valence-electron chi connectivity index (χ2n) is 12.4. The maximum atomic E-state index is 13.7. The van der Waals surface area contributed by atoms with Crippen molar-refractivity contribution in [1.82, 2.24) is 9.80 Å². The first-order valence-corrected chi connectivity index (χ1v) is 13.9. The molecule has 2 aromatic rings. The summed E-state index contributed by atoms with van der Waals surface area (Å²) in [5, 5.41) is 10.6.